The zero-order chi connectivity index (χ0) is 18.1. The van der Waals surface area contributed by atoms with Gasteiger partial charge in [-0.15, -0.1) is 0 Å². The van der Waals surface area contributed by atoms with Crippen molar-refractivity contribution >= 4 is 40.0 Å². The van der Waals surface area contributed by atoms with E-state index in [-0.39, 0.29) is 5.91 Å². The normalized spacial score (nSPS) is 10.8. The molecule has 1 heterocycles. The number of amides is 2. The van der Waals surface area contributed by atoms with E-state index >= 15 is 0 Å². The lowest BCUT2D eigenvalue weighted by Gasteiger charge is -2.10. The highest BCUT2D eigenvalue weighted by Crippen LogP contribution is 2.29. The van der Waals surface area contributed by atoms with Gasteiger partial charge in [0, 0.05) is 33.7 Å². The number of benzene rings is 2. The SMILES string of the molecule is CCn1c(C(=O)Nc2ccc(C(N)=O)cc2)c(C)c2cc(Cl)ccc21. The monoisotopic (exact) mass is 355 g/mol. The number of aromatic nitrogens is 1. The molecule has 5 nitrogen and oxygen atoms in total. The van der Waals surface area contributed by atoms with Crippen molar-refractivity contribution < 1.29 is 9.59 Å². The van der Waals surface area contributed by atoms with E-state index in [1.807, 2.05) is 36.6 Å². The summed E-state index contributed by atoms with van der Waals surface area (Å²) in [6.07, 6.45) is 0. The number of carbonyl (C=O) groups is 2. The maximum absolute atomic E-state index is 12.8. The van der Waals surface area contributed by atoms with Crippen LogP contribution in [-0.4, -0.2) is 16.4 Å². The molecule has 0 spiro atoms. The fourth-order valence-corrected chi connectivity index (χ4v) is 3.20. The quantitative estimate of drug-likeness (QED) is 0.742. The maximum Gasteiger partial charge on any atom is 0.272 e. The van der Waals surface area contributed by atoms with Crippen molar-refractivity contribution in [2.45, 2.75) is 20.4 Å². The summed E-state index contributed by atoms with van der Waals surface area (Å²) in [6.45, 7) is 4.57. The van der Waals surface area contributed by atoms with Crippen molar-refractivity contribution in [2.75, 3.05) is 5.32 Å². The van der Waals surface area contributed by atoms with Crippen LogP contribution in [0.4, 0.5) is 5.69 Å². The van der Waals surface area contributed by atoms with Crippen molar-refractivity contribution in [1.82, 2.24) is 4.57 Å². The molecular formula is C19H18ClN3O2. The van der Waals surface area contributed by atoms with Gasteiger partial charge in [0.1, 0.15) is 5.69 Å². The first kappa shape index (κ1) is 17.0. The molecule has 2 amide bonds. The molecule has 0 fully saturated rings. The lowest BCUT2D eigenvalue weighted by Crippen LogP contribution is -2.18. The molecule has 3 aromatic rings. The molecule has 0 saturated carbocycles. The van der Waals surface area contributed by atoms with Crippen LogP contribution in [0.25, 0.3) is 10.9 Å². The molecule has 0 aliphatic rings. The predicted octanol–water partition coefficient (Wildman–Crippen LogP) is 3.97. The zero-order valence-corrected chi connectivity index (χ0v) is 14.7. The summed E-state index contributed by atoms with van der Waals surface area (Å²) in [5, 5.41) is 4.47. The van der Waals surface area contributed by atoms with Gasteiger partial charge in [-0.25, -0.2) is 0 Å². The molecule has 128 valence electrons. The average molecular weight is 356 g/mol. The second kappa shape index (κ2) is 6.61. The lowest BCUT2D eigenvalue weighted by molar-refractivity contribution is 0.0997. The highest BCUT2D eigenvalue weighted by atomic mass is 35.5. The van der Waals surface area contributed by atoms with Gasteiger partial charge in [0.15, 0.2) is 0 Å². The zero-order valence-electron chi connectivity index (χ0n) is 14.0. The number of nitrogens with zero attached hydrogens (tertiary/aromatic N) is 1. The number of aryl methyl sites for hydroxylation is 2. The van der Waals surface area contributed by atoms with E-state index in [2.05, 4.69) is 5.32 Å². The largest absolute Gasteiger partial charge is 0.366 e. The van der Waals surface area contributed by atoms with Gasteiger partial charge in [0.25, 0.3) is 5.91 Å². The third-order valence-corrected chi connectivity index (χ3v) is 4.47. The van der Waals surface area contributed by atoms with Gasteiger partial charge in [-0.3, -0.25) is 9.59 Å². The second-order valence-corrected chi connectivity index (χ2v) is 6.21. The van der Waals surface area contributed by atoms with Crippen molar-refractivity contribution in [3.63, 3.8) is 0 Å². The summed E-state index contributed by atoms with van der Waals surface area (Å²) in [5.74, 6) is -0.713. The van der Waals surface area contributed by atoms with Crippen LogP contribution in [0.5, 0.6) is 0 Å². The minimum absolute atomic E-state index is 0.210. The first-order valence-corrected chi connectivity index (χ1v) is 8.29. The Kier molecular flexibility index (Phi) is 4.51. The average Bonchev–Trinajstić information content (AvgIpc) is 2.87. The fraction of sp³-hybridized carbons (Fsp3) is 0.158. The summed E-state index contributed by atoms with van der Waals surface area (Å²) < 4.78 is 1.97. The van der Waals surface area contributed by atoms with Crippen LogP contribution in [0, 0.1) is 6.92 Å². The molecule has 0 atom stereocenters. The number of primary amides is 1. The van der Waals surface area contributed by atoms with E-state index in [9.17, 15) is 9.59 Å². The Balaban J connectivity index is 1.99. The molecule has 25 heavy (non-hydrogen) atoms. The third kappa shape index (κ3) is 3.10. The van der Waals surface area contributed by atoms with E-state index in [0.29, 0.717) is 28.5 Å². The number of halogens is 1. The third-order valence-electron chi connectivity index (χ3n) is 4.24. The molecule has 0 unspecified atom stereocenters. The van der Waals surface area contributed by atoms with Crippen LogP contribution >= 0.6 is 11.6 Å². The Morgan fingerprint density at radius 2 is 1.84 bits per heavy atom. The fourth-order valence-electron chi connectivity index (χ4n) is 3.02. The van der Waals surface area contributed by atoms with E-state index in [4.69, 9.17) is 17.3 Å². The summed E-state index contributed by atoms with van der Waals surface area (Å²) >= 11 is 6.10. The smallest absolute Gasteiger partial charge is 0.272 e. The Morgan fingerprint density at radius 1 is 1.16 bits per heavy atom. The van der Waals surface area contributed by atoms with E-state index in [1.54, 1.807) is 24.3 Å². The minimum atomic E-state index is -0.503. The number of nitrogens with two attached hydrogens (primary N) is 1. The number of hydrogen-bond acceptors (Lipinski definition) is 2. The number of hydrogen-bond donors (Lipinski definition) is 2. The van der Waals surface area contributed by atoms with Crippen LogP contribution in [0.1, 0.15) is 33.3 Å². The number of rotatable bonds is 4. The molecule has 1 aromatic heterocycles. The second-order valence-electron chi connectivity index (χ2n) is 5.78. The number of carbonyl (C=O) groups excluding carboxylic acids is 2. The Labute approximate surface area is 150 Å². The first-order valence-electron chi connectivity index (χ1n) is 7.92. The maximum atomic E-state index is 12.8. The minimum Gasteiger partial charge on any atom is -0.366 e. The van der Waals surface area contributed by atoms with Crippen molar-refractivity contribution in [2.24, 2.45) is 5.73 Å². The van der Waals surface area contributed by atoms with Crippen molar-refractivity contribution in [3.8, 4) is 0 Å². The van der Waals surface area contributed by atoms with Crippen LogP contribution in [-0.2, 0) is 6.54 Å². The summed E-state index contributed by atoms with van der Waals surface area (Å²) in [4.78, 5) is 24.0. The van der Waals surface area contributed by atoms with Crippen LogP contribution in [0.15, 0.2) is 42.5 Å². The summed E-state index contributed by atoms with van der Waals surface area (Å²) in [7, 11) is 0. The van der Waals surface area contributed by atoms with Gasteiger partial charge in [0.05, 0.1) is 0 Å². The highest BCUT2D eigenvalue weighted by Gasteiger charge is 2.20. The molecular weight excluding hydrogens is 338 g/mol. The Morgan fingerprint density at radius 3 is 2.44 bits per heavy atom. The molecule has 0 bridgehead atoms. The standard InChI is InChI=1S/C19H18ClN3O2/c1-3-23-16-9-6-13(20)10-15(16)11(2)17(23)19(25)22-14-7-4-12(5-8-14)18(21)24/h4-10H,3H2,1-2H3,(H2,21,24)(H,22,25). The van der Waals surface area contributed by atoms with E-state index in [1.165, 1.54) is 0 Å². The topological polar surface area (TPSA) is 77.1 Å². The molecule has 3 rings (SSSR count). The predicted molar refractivity (Wildman–Crippen MR) is 100 cm³/mol. The van der Waals surface area contributed by atoms with Gasteiger partial charge in [0.2, 0.25) is 5.91 Å². The molecule has 2 aromatic carbocycles. The molecule has 0 saturated heterocycles. The highest BCUT2D eigenvalue weighted by molar-refractivity contribution is 6.31. The Bertz CT molecular complexity index is 974. The van der Waals surface area contributed by atoms with Crippen LogP contribution in [0.2, 0.25) is 5.02 Å². The lowest BCUT2D eigenvalue weighted by atomic mass is 10.1. The van der Waals surface area contributed by atoms with Crippen LogP contribution in [0.3, 0.4) is 0 Å². The van der Waals surface area contributed by atoms with Crippen LogP contribution < -0.4 is 11.1 Å². The summed E-state index contributed by atoms with van der Waals surface area (Å²) in [6, 6.07) is 12.1. The molecule has 3 N–H and O–H groups in total. The number of fused-ring (bicyclic) bond motifs is 1. The van der Waals surface area contributed by atoms with Gasteiger partial charge in [-0.2, -0.15) is 0 Å². The van der Waals surface area contributed by atoms with E-state index in [0.717, 1.165) is 16.5 Å². The van der Waals surface area contributed by atoms with Gasteiger partial charge in [-0.1, -0.05) is 11.6 Å². The molecule has 6 heteroatoms. The van der Waals surface area contributed by atoms with Gasteiger partial charge in [-0.05, 0) is 61.9 Å². The first-order chi connectivity index (χ1) is 11.9. The van der Waals surface area contributed by atoms with Gasteiger partial charge >= 0.3 is 0 Å². The number of anilines is 1. The molecule has 0 radical (unpaired) electrons. The van der Waals surface area contributed by atoms with Crippen molar-refractivity contribution in [1.29, 1.82) is 0 Å². The van der Waals surface area contributed by atoms with Gasteiger partial charge < -0.3 is 15.6 Å². The molecule has 0 aliphatic carbocycles. The molecule has 0 aliphatic heterocycles. The van der Waals surface area contributed by atoms with Crippen molar-refractivity contribution in [3.05, 3.63) is 64.3 Å². The van der Waals surface area contributed by atoms with E-state index < -0.39 is 5.91 Å². The summed E-state index contributed by atoms with van der Waals surface area (Å²) in [5.41, 5.74) is 8.67. The Hall–Kier alpha value is -2.79. The number of nitrogens with one attached hydrogen (secondary N) is 1.